The Morgan fingerprint density at radius 1 is 0.893 bits per heavy atom. The largest absolute Gasteiger partial charge is 0.497 e. The summed E-state index contributed by atoms with van der Waals surface area (Å²) in [5.41, 5.74) is 2.68. The molecule has 0 saturated heterocycles. The number of methoxy groups -OCH3 is 1. The molecule has 3 aromatic carbocycles. The maximum Gasteiger partial charge on any atom is 0.165 e. The minimum atomic E-state index is -0.156. The maximum absolute atomic E-state index is 12.8. The summed E-state index contributed by atoms with van der Waals surface area (Å²) in [6.45, 7) is 2.59. The molecule has 1 N–H and O–H groups in total. The first kappa shape index (κ1) is 19.5. The van der Waals surface area contributed by atoms with Crippen LogP contribution in [-0.2, 0) is 0 Å². The molecular formula is C24H25NO3. The van der Waals surface area contributed by atoms with Crippen molar-refractivity contribution in [3.63, 3.8) is 0 Å². The number of ether oxygens (including phenoxy) is 2. The topological polar surface area (TPSA) is 47.6 Å². The Morgan fingerprint density at radius 2 is 1.54 bits per heavy atom. The van der Waals surface area contributed by atoms with Gasteiger partial charge in [0.05, 0.1) is 19.8 Å². The summed E-state index contributed by atoms with van der Waals surface area (Å²) in [4.78, 5) is 12.8. The first-order chi connectivity index (χ1) is 13.7. The number of carbonyl (C=O) groups is 1. The van der Waals surface area contributed by atoms with E-state index >= 15 is 0 Å². The average molecular weight is 375 g/mol. The van der Waals surface area contributed by atoms with Gasteiger partial charge in [-0.2, -0.15) is 0 Å². The van der Waals surface area contributed by atoms with Gasteiger partial charge in [0.2, 0.25) is 0 Å². The number of nitrogens with one attached hydrogen (secondary N) is 1. The number of hydrogen-bond acceptors (Lipinski definition) is 4. The second-order valence-electron chi connectivity index (χ2n) is 6.42. The standard InChI is InChI=1S/C24H25NO3/c1-3-28-22-15-11-20(12-16-22)25-23(18-9-13-21(27-2)14-10-18)17-24(26)19-7-5-4-6-8-19/h4-16,23,25H,3,17H2,1-2H3. The normalized spacial score (nSPS) is 11.5. The molecule has 0 aliphatic rings. The molecule has 1 unspecified atom stereocenters. The second kappa shape index (κ2) is 9.60. The van der Waals surface area contributed by atoms with E-state index in [0.29, 0.717) is 13.0 Å². The highest BCUT2D eigenvalue weighted by Crippen LogP contribution is 2.27. The molecule has 0 heterocycles. The van der Waals surface area contributed by atoms with Crippen LogP contribution in [0.3, 0.4) is 0 Å². The van der Waals surface area contributed by atoms with Gasteiger partial charge in [-0.15, -0.1) is 0 Å². The van der Waals surface area contributed by atoms with Crippen LogP contribution in [0.2, 0.25) is 0 Å². The van der Waals surface area contributed by atoms with Gasteiger partial charge in [-0.3, -0.25) is 4.79 Å². The number of ketones is 1. The fourth-order valence-corrected chi connectivity index (χ4v) is 3.03. The van der Waals surface area contributed by atoms with Gasteiger partial charge in [-0.1, -0.05) is 42.5 Å². The Morgan fingerprint density at radius 3 is 2.14 bits per heavy atom. The summed E-state index contributed by atoms with van der Waals surface area (Å²) in [5, 5.41) is 3.49. The molecule has 0 aromatic heterocycles. The van der Waals surface area contributed by atoms with Gasteiger partial charge in [-0.05, 0) is 48.9 Å². The van der Waals surface area contributed by atoms with Crippen molar-refractivity contribution in [3.8, 4) is 11.5 Å². The van der Waals surface area contributed by atoms with E-state index in [4.69, 9.17) is 9.47 Å². The summed E-state index contributed by atoms with van der Waals surface area (Å²) in [6.07, 6.45) is 0.351. The van der Waals surface area contributed by atoms with E-state index in [2.05, 4.69) is 5.32 Å². The summed E-state index contributed by atoms with van der Waals surface area (Å²) >= 11 is 0. The van der Waals surface area contributed by atoms with Gasteiger partial charge < -0.3 is 14.8 Å². The smallest absolute Gasteiger partial charge is 0.165 e. The van der Waals surface area contributed by atoms with Crippen LogP contribution in [0.1, 0.15) is 35.3 Å². The number of Topliss-reactive ketones (excluding diaryl/α,β-unsaturated/α-hetero) is 1. The minimum absolute atomic E-state index is 0.0971. The number of anilines is 1. The van der Waals surface area contributed by atoms with Crippen molar-refractivity contribution in [3.05, 3.63) is 90.0 Å². The molecule has 0 bridgehead atoms. The zero-order chi connectivity index (χ0) is 19.8. The number of carbonyl (C=O) groups excluding carboxylic acids is 1. The molecule has 4 heteroatoms. The van der Waals surface area contributed by atoms with Gasteiger partial charge in [-0.25, -0.2) is 0 Å². The van der Waals surface area contributed by atoms with Crippen molar-refractivity contribution < 1.29 is 14.3 Å². The number of hydrogen-bond donors (Lipinski definition) is 1. The molecule has 28 heavy (non-hydrogen) atoms. The van der Waals surface area contributed by atoms with Gasteiger partial charge >= 0.3 is 0 Å². The van der Waals surface area contributed by atoms with Crippen molar-refractivity contribution in [2.75, 3.05) is 19.0 Å². The van der Waals surface area contributed by atoms with E-state index in [1.54, 1.807) is 7.11 Å². The summed E-state index contributed by atoms with van der Waals surface area (Å²) < 4.78 is 10.8. The molecule has 0 spiro atoms. The minimum Gasteiger partial charge on any atom is -0.497 e. The van der Waals surface area contributed by atoms with Crippen LogP contribution in [0, 0.1) is 0 Å². The van der Waals surface area contributed by atoms with Gasteiger partial charge in [0.25, 0.3) is 0 Å². The van der Waals surface area contributed by atoms with Crippen LogP contribution in [-0.4, -0.2) is 19.5 Å². The van der Waals surface area contributed by atoms with Crippen molar-refractivity contribution in [2.24, 2.45) is 0 Å². The third-order valence-electron chi connectivity index (χ3n) is 4.51. The van der Waals surface area contributed by atoms with E-state index in [1.165, 1.54) is 0 Å². The van der Waals surface area contributed by atoms with Gasteiger partial charge in [0.1, 0.15) is 11.5 Å². The highest BCUT2D eigenvalue weighted by Gasteiger charge is 2.17. The van der Waals surface area contributed by atoms with Crippen molar-refractivity contribution in [1.29, 1.82) is 0 Å². The molecular weight excluding hydrogens is 350 g/mol. The highest BCUT2D eigenvalue weighted by molar-refractivity contribution is 5.96. The van der Waals surface area contributed by atoms with Crippen molar-refractivity contribution in [2.45, 2.75) is 19.4 Å². The van der Waals surface area contributed by atoms with Crippen LogP contribution in [0.25, 0.3) is 0 Å². The van der Waals surface area contributed by atoms with Crippen LogP contribution in [0.5, 0.6) is 11.5 Å². The van der Waals surface area contributed by atoms with Crippen molar-refractivity contribution in [1.82, 2.24) is 0 Å². The lowest BCUT2D eigenvalue weighted by atomic mass is 9.97. The monoisotopic (exact) mass is 375 g/mol. The lowest BCUT2D eigenvalue weighted by Crippen LogP contribution is -2.16. The summed E-state index contributed by atoms with van der Waals surface area (Å²) in [7, 11) is 1.64. The van der Waals surface area contributed by atoms with Crippen LogP contribution >= 0.6 is 0 Å². The Balaban J connectivity index is 1.81. The number of rotatable bonds is 9. The summed E-state index contributed by atoms with van der Waals surface area (Å²) in [5.74, 6) is 1.72. The quantitative estimate of drug-likeness (QED) is 0.500. The van der Waals surface area contributed by atoms with E-state index in [-0.39, 0.29) is 11.8 Å². The van der Waals surface area contributed by atoms with Crippen LogP contribution in [0.4, 0.5) is 5.69 Å². The second-order valence-corrected chi connectivity index (χ2v) is 6.42. The molecule has 144 valence electrons. The van der Waals surface area contributed by atoms with Crippen LogP contribution < -0.4 is 14.8 Å². The Labute approximate surface area is 166 Å². The third kappa shape index (κ3) is 5.13. The molecule has 0 fully saturated rings. The fourth-order valence-electron chi connectivity index (χ4n) is 3.03. The van der Waals surface area contributed by atoms with E-state index < -0.39 is 0 Å². The van der Waals surface area contributed by atoms with E-state index in [9.17, 15) is 4.79 Å². The highest BCUT2D eigenvalue weighted by atomic mass is 16.5. The lowest BCUT2D eigenvalue weighted by molar-refractivity contribution is 0.0976. The number of benzene rings is 3. The predicted molar refractivity (Wildman–Crippen MR) is 112 cm³/mol. The molecule has 0 aliphatic heterocycles. The average Bonchev–Trinajstić information content (AvgIpc) is 2.75. The maximum atomic E-state index is 12.8. The zero-order valence-corrected chi connectivity index (χ0v) is 16.2. The Bertz CT molecular complexity index is 874. The summed E-state index contributed by atoms with van der Waals surface area (Å²) in [6, 6.07) is 24.8. The first-order valence-electron chi connectivity index (χ1n) is 9.41. The molecule has 4 nitrogen and oxygen atoms in total. The molecule has 0 amide bonds. The zero-order valence-electron chi connectivity index (χ0n) is 16.2. The van der Waals surface area contributed by atoms with Gasteiger partial charge in [0, 0.05) is 17.7 Å². The Hall–Kier alpha value is -3.27. The first-order valence-corrected chi connectivity index (χ1v) is 9.41. The third-order valence-corrected chi connectivity index (χ3v) is 4.51. The van der Waals surface area contributed by atoms with E-state index in [1.807, 2.05) is 85.8 Å². The lowest BCUT2D eigenvalue weighted by Gasteiger charge is -2.20. The predicted octanol–water partition coefficient (Wildman–Crippen LogP) is 5.52. The molecule has 3 rings (SSSR count). The van der Waals surface area contributed by atoms with Crippen LogP contribution in [0.15, 0.2) is 78.9 Å². The molecule has 0 radical (unpaired) electrons. The van der Waals surface area contributed by atoms with Crippen molar-refractivity contribution >= 4 is 11.5 Å². The molecule has 0 aliphatic carbocycles. The van der Waals surface area contributed by atoms with Gasteiger partial charge in [0.15, 0.2) is 5.78 Å². The molecule has 1 atom stereocenters. The van der Waals surface area contributed by atoms with E-state index in [0.717, 1.165) is 28.3 Å². The molecule has 3 aromatic rings. The Kier molecular flexibility index (Phi) is 6.68. The SMILES string of the molecule is CCOc1ccc(NC(CC(=O)c2ccccc2)c2ccc(OC)cc2)cc1. The molecule has 0 saturated carbocycles. The fraction of sp³-hybridized carbons (Fsp3) is 0.208.